The number of carboxylic acid groups (broad SMARTS) is 1. The first-order valence-electron chi connectivity index (χ1n) is 6.59. The number of likely N-dealkylation sites (N-methyl/N-ethyl adjacent to an activating group) is 1. The van der Waals surface area contributed by atoms with Crippen molar-refractivity contribution in [3.8, 4) is 0 Å². The van der Waals surface area contributed by atoms with Gasteiger partial charge in [0.05, 0.1) is 0 Å². The van der Waals surface area contributed by atoms with Crippen molar-refractivity contribution in [3.05, 3.63) is 22.3 Å². The molecule has 1 aromatic heterocycles. The van der Waals surface area contributed by atoms with Gasteiger partial charge in [-0.2, -0.15) is 0 Å². The highest BCUT2D eigenvalue weighted by Crippen LogP contribution is 2.22. The maximum atomic E-state index is 11.4. The topological polar surface area (TPSA) is 56.7 Å². The second-order valence-corrected chi connectivity index (χ2v) is 6.39. The Hall–Kier alpha value is -1.14. The van der Waals surface area contributed by atoms with Crippen molar-refractivity contribution in [3.63, 3.8) is 0 Å². The fraction of sp³-hybridized carbons (Fsp3) is 0.571. The summed E-state index contributed by atoms with van der Waals surface area (Å²) in [6.07, 6.45) is 1.64. The van der Waals surface area contributed by atoms with E-state index >= 15 is 0 Å². The van der Waals surface area contributed by atoms with E-state index in [-0.39, 0.29) is 5.56 Å². The van der Waals surface area contributed by atoms with E-state index in [2.05, 4.69) is 39.7 Å². The lowest BCUT2D eigenvalue weighted by Gasteiger charge is -2.28. The van der Waals surface area contributed by atoms with E-state index in [4.69, 9.17) is 0 Å². The van der Waals surface area contributed by atoms with Crippen molar-refractivity contribution in [2.45, 2.75) is 13.8 Å². The molecule has 1 aromatic rings. The van der Waals surface area contributed by atoms with Gasteiger partial charge < -0.3 is 14.9 Å². The van der Waals surface area contributed by atoms with E-state index in [1.54, 1.807) is 12.3 Å². The molecule has 0 saturated heterocycles. The summed E-state index contributed by atoms with van der Waals surface area (Å²) in [5.41, 5.74) is 0.235. The van der Waals surface area contributed by atoms with Gasteiger partial charge in [0.2, 0.25) is 0 Å². The molecule has 6 heteroatoms. The molecule has 0 fully saturated rings. The highest BCUT2D eigenvalue weighted by Gasteiger charge is 2.19. The number of aromatic carboxylic acids is 1. The Morgan fingerprint density at radius 3 is 2.55 bits per heavy atom. The fourth-order valence-electron chi connectivity index (χ4n) is 1.89. The van der Waals surface area contributed by atoms with Crippen molar-refractivity contribution < 1.29 is 9.90 Å². The van der Waals surface area contributed by atoms with Crippen LogP contribution >= 0.6 is 15.9 Å². The SMILES string of the molecule is CC(C)CN(CCN(C)C)c1ncc(Br)cc1C(=O)O. The van der Waals surface area contributed by atoms with Gasteiger partial charge in [0, 0.05) is 30.3 Å². The number of pyridine rings is 1. The Morgan fingerprint density at radius 2 is 2.05 bits per heavy atom. The van der Waals surface area contributed by atoms with Crippen LogP contribution < -0.4 is 4.90 Å². The predicted octanol–water partition coefficient (Wildman–Crippen LogP) is 2.57. The molecule has 0 aliphatic carbocycles. The van der Waals surface area contributed by atoms with Gasteiger partial charge in [-0.3, -0.25) is 0 Å². The maximum absolute atomic E-state index is 11.4. The molecule has 1 heterocycles. The van der Waals surface area contributed by atoms with E-state index in [1.807, 2.05) is 19.0 Å². The summed E-state index contributed by atoms with van der Waals surface area (Å²) in [7, 11) is 4.00. The highest BCUT2D eigenvalue weighted by molar-refractivity contribution is 9.10. The van der Waals surface area contributed by atoms with Gasteiger partial charge in [-0.25, -0.2) is 9.78 Å². The van der Waals surface area contributed by atoms with Crippen LogP contribution in [0.3, 0.4) is 0 Å². The normalized spacial score (nSPS) is 11.2. The van der Waals surface area contributed by atoms with Gasteiger partial charge in [-0.15, -0.1) is 0 Å². The number of hydrogen-bond donors (Lipinski definition) is 1. The van der Waals surface area contributed by atoms with Crippen LogP contribution in [0.25, 0.3) is 0 Å². The zero-order valence-electron chi connectivity index (χ0n) is 12.4. The molecule has 0 amide bonds. The van der Waals surface area contributed by atoms with Gasteiger partial charge in [-0.05, 0) is 42.0 Å². The third-order valence-corrected chi connectivity index (χ3v) is 3.20. The minimum absolute atomic E-state index is 0.235. The molecule has 112 valence electrons. The Morgan fingerprint density at radius 1 is 1.40 bits per heavy atom. The molecular formula is C14H22BrN3O2. The van der Waals surface area contributed by atoms with Gasteiger partial charge in [0.1, 0.15) is 11.4 Å². The Kier molecular flexibility index (Phi) is 6.42. The molecule has 0 aliphatic rings. The lowest BCUT2D eigenvalue weighted by molar-refractivity contribution is 0.0697. The first kappa shape index (κ1) is 16.9. The summed E-state index contributed by atoms with van der Waals surface area (Å²) in [6, 6.07) is 1.60. The van der Waals surface area contributed by atoms with Crippen LogP contribution in [0, 0.1) is 5.92 Å². The van der Waals surface area contributed by atoms with E-state index in [0.29, 0.717) is 16.2 Å². The summed E-state index contributed by atoms with van der Waals surface area (Å²) in [5, 5.41) is 9.35. The largest absolute Gasteiger partial charge is 0.478 e. The molecule has 0 aromatic carbocycles. The Balaban J connectivity index is 3.08. The Labute approximate surface area is 128 Å². The molecule has 5 nitrogen and oxygen atoms in total. The van der Waals surface area contributed by atoms with E-state index in [1.165, 1.54) is 0 Å². The molecule has 1 N–H and O–H groups in total. The van der Waals surface area contributed by atoms with Crippen LogP contribution in [0.5, 0.6) is 0 Å². The molecule has 20 heavy (non-hydrogen) atoms. The summed E-state index contributed by atoms with van der Waals surface area (Å²) < 4.78 is 0.677. The smallest absolute Gasteiger partial charge is 0.339 e. The standard InChI is InChI=1S/C14H22BrN3O2/c1-10(2)9-18(6-5-17(3)4)13-12(14(19)20)7-11(15)8-16-13/h7-8,10H,5-6,9H2,1-4H3,(H,19,20). The molecule has 0 saturated carbocycles. The minimum atomic E-state index is -0.951. The van der Waals surface area contributed by atoms with Crippen molar-refractivity contribution in [1.82, 2.24) is 9.88 Å². The third kappa shape index (κ3) is 5.09. The molecule has 0 atom stereocenters. The van der Waals surface area contributed by atoms with Crippen LogP contribution in [0.4, 0.5) is 5.82 Å². The number of nitrogens with zero attached hydrogens (tertiary/aromatic N) is 3. The van der Waals surface area contributed by atoms with Gasteiger partial charge in [-0.1, -0.05) is 13.8 Å². The van der Waals surface area contributed by atoms with Crippen molar-refractivity contribution >= 4 is 27.7 Å². The van der Waals surface area contributed by atoms with Crippen molar-refractivity contribution in [1.29, 1.82) is 0 Å². The summed E-state index contributed by atoms with van der Waals surface area (Å²) in [6.45, 7) is 6.61. The van der Waals surface area contributed by atoms with E-state index in [0.717, 1.165) is 19.6 Å². The van der Waals surface area contributed by atoms with E-state index < -0.39 is 5.97 Å². The average Bonchev–Trinajstić information content (AvgIpc) is 2.33. The van der Waals surface area contributed by atoms with Gasteiger partial charge in [0.15, 0.2) is 0 Å². The number of hydrogen-bond acceptors (Lipinski definition) is 4. The fourth-order valence-corrected chi connectivity index (χ4v) is 2.22. The summed E-state index contributed by atoms with van der Waals surface area (Å²) in [4.78, 5) is 19.8. The number of rotatable bonds is 7. The lowest BCUT2D eigenvalue weighted by Crippen LogP contribution is -2.36. The molecule has 0 aliphatic heterocycles. The van der Waals surface area contributed by atoms with Crippen LogP contribution in [-0.4, -0.2) is 54.7 Å². The molecule has 0 bridgehead atoms. The first-order chi connectivity index (χ1) is 9.31. The highest BCUT2D eigenvalue weighted by atomic mass is 79.9. The van der Waals surface area contributed by atoms with E-state index in [9.17, 15) is 9.90 Å². The molecular weight excluding hydrogens is 322 g/mol. The van der Waals surface area contributed by atoms with Crippen LogP contribution in [0.1, 0.15) is 24.2 Å². The van der Waals surface area contributed by atoms with Crippen LogP contribution in [0.2, 0.25) is 0 Å². The van der Waals surface area contributed by atoms with Crippen molar-refractivity contribution in [2.75, 3.05) is 38.6 Å². The van der Waals surface area contributed by atoms with Crippen LogP contribution in [-0.2, 0) is 0 Å². The van der Waals surface area contributed by atoms with Gasteiger partial charge in [0.25, 0.3) is 0 Å². The average molecular weight is 344 g/mol. The molecule has 1 rings (SSSR count). The summed E-state index contributed by atoms with van der Waals surface area (Å²) in [5.74, 6) is 0.0212. The third-order valence-electron chi connectivity index (χ3n) is 2.77. The van der Waals surface area contributed by atoms with Crippen LogP contribution in [0.15, 0.2) is 16.7 Å². The second kappa shape index (κ2) is 7.59. The van der Waals surface area contributed by atoms with Crippen molar-refractivity contribution in [2.24, 2.45) is 5.92 Å². The summed E-state index contributed by atoms with van der Waals surface area (Å²) >= 11 is 3.27. The zero-order chi connectivity index (χ0) is 15.3. The number of anilines is 1. The lowest BCUT2D eigenvalue weighted by atomic mass is 10.1. The predicted molar refractivity (Wildman–Crippen MR) is 84.5 cm³/mol. The number of carbonyl (C=O) groups is 1. The number of halogens is 1. The molecule has 0 spiro atoms. The number of carboxylic acids is 1. The van der Waals surface area contributed by atoms with Gasteiger partial charge >= 0.3 is 5.97 Å². The maximum Gasteiger partial charge on any atom is 0.339 e. The Bertz CT molecular complexity index is 464. The first-order valence-corrected chi connectivity index (χ1v) is 7.39. The second-order valence-electron chi connectivity index (χ2n) is 5.47. The quantitative estimate of drug-likeness (QED) is 0.824. The number of aromatic nitrogens is 1. The zero-order valence-corrected chi connectivity index (χ0v) is 14.0. The molecule has 0 unspecified atom stereocenters. The minimum Gasteiger partial charge on any atom is -0.478 e. The molecule has 0 radical (unpaired) electrons. The monoisotopic (exact) mass is 343 g/mol.